The molecule has 0 aliphatic rings. The number of amides is 2. The van der Waals surface area contributed by atoms with Crippen molar-refractivity contribution in [1.82, 2.24) is 15.2 Å². The average Bonchev–Trinajstić information content (AvgIpc) is 3.13. The maximum Gasteiger partial charge on any atom is 0.407 e. The smallest absolute Gasteiger partial charge is 0.407 e. The lowest BCUT2D eigenvalue weighted by Gasteiger charge is -2.19. The summed E-state index contributed by atoms with van der Waals surface area (Å²) in [5, 5.41) is 5.89. The molecule has 0 aliphatic heterocycles. The third-order valence-corrected chi connectivity index (χ3v) is 4.01. The maximum absolute atomic E-state index is 12.5. The summed E-state index contributed by atoms with van der Waals surface area (Å²) in [6.45, 7) is 6.17. The van der Waals surface area contributed by atoms with Gasteiger partial charge in [0.1, 0.15) is 11.4 Å². The number of benzene rings is 1. The number of nitrogens with one attached hydrogen (secondary N) is 2. The van der Waals surface area contributed by atoms with Crippen molar-refractivity contribution in [2.24, 2.45) is 0 Å². The topological polar surface area (TPSA) is 81.6 Å². The number of hydrogen-bond donors (Lipinski definition) is 2. The molecule has 1 heterocycles. The first-order valence-corrected chi connectivity index (χ1v) is 9.35. The molecule has 2 amide bonds. The third-order valence-electron chi connectivity index (χ3n) is 3.70. The number of carbonyl (C=O) groups excluding carboxylic acids is 2. The van der Waals surface area contributed by atoms with Crippen LogP contribution in [0.25, 0.3) is 5.69 Å². The van der Waals surface area contributed by atoms with Crippen molar-refractivity contribution in [3.8, 4) is 11.4 Å². The van der Waals surface area contributed by atoms with E-state index < -0.39 is 11.7 Å². The fourth-order valence-electron chi connectivity index (χ4n) is 2.47. The zero-order chi connectivity index (χ0) is 20.7. The molecule has 2 N–H and O–H groups in total. The Labute approximate surface area is 170 Å². The Morgan fingerprint density at radius 2 is 1.75 bits per heavy atom. The number of nitrogens with zero attached hydrogens (tertiary/aromatic N) is 1. The second-order valence-electron chi connectivity index (χ2n) is 7.13. The van der Waals surface area contributed by atoms with Crippen molar-refractivity contribution >= 4 is 23.6 Å². The summed E-state index contributed by atoms with van der Waals surface area (Å²) < 4.78 is 12.4. The largest absolute Gasteiger partial charge is 0.496 e. The average molecular weight is 408 g/mol. The van der Waals surface area contributed by atoms with E-state index in [1.807, 2.05) is 29.1 Å². The molecule has 0 spiro atoms. The van der Waals surface area contributed by atoms with Crippen LogP contribution in [0.5, 0.6) is 5.75 Å². The Kier molecular flexibility index (Phi) is 7.34. The number of methoxy groups -OCH3 is 1. The first kappa shape index (κ1) is 21.6. The van der Waals surface area contributed by atoms with E-state index in [1.165, 1.54) is 7.11 Å². The molecule has 0 radical (unpaired) electrons. The molecule has 0 atom stereocenters. The molecule has 0 saturated carbocycles. The SMILES string of the molecule is COc1cc(-n2cccc2)c(Cl)cc1C(=O)NCCCNC(=O)OC(C)(C)C. The minimum Gasteiger partial charge on any atom is -0.496 e. The molecule has 2 aromatic rings. The second kappa shape index (κ2) is 9.50. The second-order valence-corrected chi connectivity index (χ2v) is 7.54. The van der Waals surface area contributed by atoms with E-state index in [4.69, 9.17) is 21.1 Å². The molecule has 1 aromatic heterocycles. The van der Waals surface area contributed by atoms with Gasteiger partial charge in [0.05, 0.1) is 23.4 Å². The van der Waals surface area contributed by atoms with Gasteiger partial charge in [-0.1, -0.05) is 11.6 Å². The Balaban J connectivity index is 1.90. The van der Waals surface area contributed by atoms with E-state index in [0.29, 0.717) is 35.8 Å². The monoisotopic (exact) mass is 407 g/mol. The molecule has 0 bridgehead atoms. The van der Waals surface area contributed by atoms with Crippen molar-refractivity contribution in [1.29, 1.82) is 0 Å². The highest BCUT2D eigenvalue weighted by atomic mass is 35.5. The molecule has 28 heavy (non-hydrogen) atoms. The molecule has 152 valence electrons. The Morgan fingerprint density at radius 3 is 2.36 bits per heavy atom. The number of carbonyl (C=O) groups is 2. The minimum atomic E-state index is -0.541. The van der Waals surface area contributed by atoms with Gasteiger partial charge in [0, 0.05) is 31.5 Å². The summed E-state index contributed by atoms with van der Waals surface area (Å²) in [5.74, 6) is 0.132. The molecule has 1 aromatic carbocycles. The van der Waals surface area contributed by atoms with E-state index in [-0.39, 0.29) is 5.91 Å². The highest BCUT2D eigenvalue weighted by Gasteiger charge is 2.17. The van der Waals surface area contributed by atoms with Crippen LogP contribution in [0.1, 0.15) is 37.6 Å². The molecule has 0 aliphatic carbocycles. The number of alkyl carbamates (subject to hydrolysis) is 1. The van der Waals surface area contributed by atoms with Crippen LogP contribution in [0, 0.1) is 0 Å². The highest BCUT2D eigenvalue weighted by molar-refractivity contribution is 6.33. The van der Waals surface area contributed by atoms with Gasteiger partial charge in [-0.3, -0.25) is 4.79 Å². The van der Waals surface area contributed by atoms with Crippen LogP contribution in [-0.4, -0.2) is 42.4 Å². The summed E-state index contributed by atoms with van der Waals surface area (Å²) in [7, 11) is 1.50. The minimum absolute atomic E-state index is 0.296. The van der Waals surface area contributed by atoms with Crippen molar-refractivity contribution in [2.75, 3.05) is 20.2 Å². The van der Waals surface area contributed by atoms with Crippen LogP contribution < -0.4 is 15.4 Å². The Hall–Kier alpha value is -2.67. The van der Waals surface area contributed by atoms with Crippen molar-refractivity contribution in [3.63, 3.8) is 0 Å². The number of rotatable bonds is 7. The van der Waals surface area contributed by atoms with Crippen molar-refractivity contribution in [3.05, 3.63) is 47.2 Å². The van der Waals surface area contributed by atoms with E-state index in [9.17, 15) is 9.59 Å². The van der Waals surface area contributed by atoms with Gasteiger partial charge in [-0.25, -0.2) is 4.79 Å². The zero-order valence-electron chi connectivity index (χ0n) is 16.5. The van der Waals surface area contributed by atoms with Crippen molar-refractivity contribution < 1.29 is 19.1 Å². The van der Waals surface area contributed by atoms with Crippen LogP contribution in [-0.2, 0) is 4.74 Å². The Bertz CT molecular complexity index is 814. The molecular formula is C20H26ClN3O4. The van der Waals surface area contributed by atoms with E-state index in [0.717, 1.165) is 5.69 Å². The first-order chi connectivity index (χ1) is 13.2. The molecule has 8 heteroatoms. The zero-order valence-corrected chi connectivity index (χ0v) is 17.3. The predicted octanol–water partition coefficient (Wildman–Crippen LogP) is 3.78. The summed E-state index contributed by atoms with van der Waals surface area (Å²) in [6, 6.07) is 7.08. The number of ether oxygens (including phenoxy) is 2. The van der Waals surface area contributed by atoms with E-state index in [2.05, 4.69) is 10.6 Å². The standard InChI is InChI=1S/C20H26ClN3O4/c1-20(2,3)28-19(26)23-9-7-8-22-18(25)14-12-15(21)16(13-17(14)27-4)24-10-5-6-11-24/h5-6,10-13H,7-9H2,1-4H3,(H,22,25)(H,23,26). The third kappa shape index (κ3) is 6.20. The lowest BCUT2D eigenvalue weighted by Crippen LogP contribution is -2.34. The van der Waals surface area contributed by atoms with Crippen LogP contribution in [0.2, 0.25) is 5.02 Å². The molecule has 7 nitrogen and oxygen atoms in total. The Morgan fingerprint density at radius 1 is 1.11 bits per heavy atom. The maximum atomic E-state index is 12.5. The van der Waals surface area contributed by atoms with Gasteiger partial charge in [0.25, 0.3) is 5.91 Å². The predicted molar refractivity (Wildman–Crippen MR) is 109 cm³/mol. The van der Waals surface area contributed by atoms with Crippen LogP contribution >= 0.6 is 11.6 Å². The lowest BCUT2D eigenvalue weighted by molar-refractivity contribution is 0.0527. The van der Waals surface area contributed by atoms with Gasteiger partial charge >= 0.3 is 6.09 Å². The summed E-state index contributed by atoms with van der Waals surface area (Å²) in [5.41, 5.74) is 0.533. The van der Waals surface area contributed by atoms with E-state index in [1.54, 1.807) is 32.9 Å². The molecule has 0 saturated heterocycles. The normalized spacial score (nSPS) is 11.0. The van der Waals surface area contributed by atoms with Gasteiger partial charge < -0.3 is 24.7 Å². The van der Waals surface area contributed by atoms with Gasteiger partial charge in [0.2, 0.25) is 0 Å². The van der Waals surface area contributed by atoms with Crippen LogP contribution in [0.3, 0.4) is 0 Å². The van der Waals surface area contributed by atoms with Crippen LogP contribution in [0.4, 0.5) is 4.79 Å². The number of aromatic nitrogens is 1. The number of halogens is 1. The first-order valence-electron chi connectivity index (χ1n) is 8.97. The van der Waals surface area contributed by atoms with E-state index >= 15 is 0 Å². The van der Waals surface area contributed by atoms with Crippen LogP contribution in [0.15, 0.2) is 36.7 Å². The molecule has 0 unspecified atom stereocenters. The fourth-order valence-corrected chi connectivity index (χ4v) is 2.73. The molecule has 2 rings (SSSR count). The molecular weight excluding hydrogens is 382 g/mol. The molecule has 0 fully saturated rings. The quantitative estimate of drug-likeness (QED) is 0.684. The lowest BCUT2D eigenvalue weighted by atomic mass is 10.1. The van der Waals surface area contributed by atoms with Gasteiger partial charge in [-0.2, -0.15) is 0 Å². The summed E-state index contributed by atoms with van der Waals surface area (Å²) in [6.07, 6.45) is 3.80. The van der Waals surface area contributed by atoms with Crippen molar-refractivity contribution in [2.45, 2.75) is 32.8 Å². The summed E-state index contributed by atoms with van der Waals surface area (Å²) >= 11 is 6.35. The fraction of sp³-hybridized carbons (Fsp3) is 0.400. The van der Waals surface area contributed by atoms with Gasteiger partial charge in [-0.15, -0.1) is 0 Å². The summed E-state index contributed by atoms with van der Waals surface area (Å²) in [4.78, 5) is 24.1. The highest BCUT2D eigenvalue weighted by Crippen LogP contribution is 2.29. The number of hydrogen-bond acceptors (Lipinski definition) is 4. The van der Waals surface area contributed by atoms with Gasteiger partial charge in [0.15, 0.2) is 0 Å². The van der Waals surface area contributed by atoms with Gasteiger partial charge in [-0.05, 0) is 45.4 Å².